The van der Waals surface area contributed by atoms with E-state index >= 15 is 0 Å². The zero-order valence-electron chi connectivity index (χ0n) is 14.1. The van der Waals surface area contributed by atoms with E-state index in [4.69, 9.17) is 0 Å². The Bertz CT molecular complexity index is 737. The number of carbonyl (C=O) groups excluding carboxylic acids is 2. The largest absolute Gasteiger partial charge is 0.304 e. The van der Waals surface area contributed by atoms with Crippen molar-refractivity contribution in [3.05, 3.63) is 54.1 Å². The number of anilines is 1. The summed E-state index contributed by atoms with van der Waals surface area (Å²) >= 11 is 0. The van der Waals surface area contributed by atoms with Crippen molar-refractivity contribution in [2.45, 2.75) is 39.0 Å². The SMILES string of the molecule is CCCCCCCN1C(=O)C(=O)c2cccc(-c3ccccc3)c21. The Morgan fingerprint density at radius 2 is 1.50 bits per heavy atom. The molecule has 0 fully saturated rings. The number of Topliss-reactive ketones (excluding diaryl/α,β-unsaturated/α-hetero) is 1. The molecule has 0 bridgehead atoms. The van der Waals surface area contributed by atoms with Crippen LogP contribution in [0.4, 0.5) is 5.69 Å². The van der Waals surface area contributed by atoms with Gasteiger partial charge >= 0.3 is 0 Å². The Morgan fingerprint density at radius 1 is 0.792 bits per heavy atom. The van der Waals surface area contributed by atoms with E-state index in [0.29, 0.717) is 12.1 Å². The molecule has 2 aromatic rings. The zero-order chi connectivity index (χ0) is 16.9. The number of hydrogen-bond acceptors (Lipinski definition) is 2. The van der Waals surface area contributed by atoms with Gasteiger partial charge in [-0.15, -0.1) is 0 Å². The second-order valence-electron chi connectivity index (χ2n) is 6.27. The third kappa shape index (κ3) is 3.12. The third-order valence-corrected chi connectivity index (χ3v) is 4.56. The number of unbranched alkanes of at least 4 members (excludes halogenated alkanes) is 4. The van der Waals surface area contributed by atoms with E-state index in [1.54, 1.807) is 11.0 Å². The number of rotatable bonds is 7. The number of para-hydroxylation sites is 1. The van der Waals surface area contributed by atoms with E-state index in [9.17, 15) is 9.59 Å². The van der Waals surface area contributed by atoms with Crippen LogP contribution in [-0.2, 0) is 4.79 Å². The average Bonchev–Trinajstić information content (AvgIpc) is 2.87. The van der Waals surface area contributed by atoms with Gasteiger partial charge in [-0.1, -0.05) is 75.1 Å². The first-order valence-corrected chi connectivity index (χ1v) is 8.78. The Balaban J connectivity index is 1.89. The van der Waals surface area contributed by atoms with Crippen LogP contribution in [0.3, 0.4) is 0 Å². The van der Waals surface area contributed by atoms with Crippen LogP contribution in [0.5, 0.6) is 0 Å². The van der Waals surface area contributed by atoms with Crippen molar-refractivity contribution in [3.63, 3.8) is 0 Å². The molecule has 1 aliphatic rings. The highest BCUT2D eigenvalue weighted by Gasteiger charge is 2.37. The quantitative estimate of drug-likeness (QED) is 0.540. The first-order valence-electron chi connectivity index (χ1n) is 8.78. The molecule has 124 valence electrons. The molecule has 0 saturated carbocycles. The normalized spacial score (nSPS) is 13.5. The minimum absolute atomic E-state index is 0.378. The maximum Gasteiger partial charge on any atom is 0.299 e. The van der Waals surface area contributed by atoms with E-state index in [1.165, 1.54) is 19.3 Å². The predicted octanol–water partition coefficient (Wildman–Crippen LogP) is 4.85. The van der Waals surface area contributed by atoms with E-state index in [2.05, 4.69) is 6.92 Å². The Morgan fingerprint density at radius 3 is 2.25 bits per heavy atom. The van der Waals surface area contributed by atoms with E-state index in [1.807, 2.05) is 42.5 Å². The van der Waals surface area contributed by atoms with Crippen LogP contribution in [0.15, 0.2) is 48.5 Å². The first-order chi connectivity index (χ1) is 11.7. The molecule has 0 radical (unpaired) electrons. The van der Waals surface area contributed by atoms with Crippen molar-refractivity contribution in [3.8, 4) is 11.1 Å². The van der Waals surface area contributed by atoms with Crippen molar-refractivity contribution >= 4 is 17.4 Å². The number of ketones is 1. The van der Waals surface area contributed by atoms with Gasteiger partial charge in [0.2, 0.25) is 0 Å². The van der Waals surface area contributed by atoms with Crippen LogP contribution in [0.25, 0.3) is 11.1 Å². The van der Waals surface area contributed by atoms with Crippen molar-refractivity contribution in [1.82, 2.24) is 0 Å². The standard InChI is InChI=1S/C21H23NO2/c1-2-3-4-5-9-15-22-19-17(16-11-7-6-8-12-16)13-10-14-18(19)20(23)21(22)24/h6-8,10-14H,2-5,9,15H2,1H3. The summed E-state index contributed by atoms with van der Waals surface area (Å²) in [6.45, 7) is 2.80. The molecule has 2 aromatic carbocycles. The van der Waals surface area contributed by atoms with Gasteiger partial charge in [-0.3, -0.25) is 9.59 Å². The molecule has 0 aliphatic carbocycles. The number of amides is 1. The lowest BCUT2D eigenvalue weighted by Gasteiger charge is -2.19. The maximum absolute atomic E-state index is 12.4. The number of nitrogens with zero attached hydrogens (tertiary/aromatic N) is 1. The fourth-order valence-corrected chi connectivity index (χ4v) is 3.29. The molecular weight excluding hydrogens is 298 g/mol. The monoisotopic (exact) mass is 321 g/mol. The van der Waals surface area contributed by atoms with Gasteiger partial charge in [0.05, 0.1) is 11.3 Å². The molecule has 3 heteroatoms. The summed E-state index contributed by atoms with van der Waals surface area (Å²) in [5, 5.41) is 0. The molecule has 0 saturated heterocycles. The Kier molecular flexibility index (Phi) is 5.09. The number of hydrogen-bond donors (Lipinski definition) is 0. The van der Waals surface area contributed by atoms with Crippen LogP contribution in [0.2, 0.25) is 0 Å². The summed E-state index contributed by atoms with van der Waals surface area (Å²) in [6.07, 6.45) is 5.62. The molecule has 3 rings (SSSR count). The Labute approximate surface area is 143 Å². The van der Waals surface area contributed by atoms with Crippen LogP contribution in [0, 0.1) is 0 Å². The van der Waals surface area contributed by atoms with Crippen LogP contribution in [0.1, 0.15) is 49.4 Å². The van der Waals surface area contributed by atoms with Crippen LogP contribution >= 0.6 is 0 Å². The highest BCUT2D eigenvalue weighted by Crippen LogP contribution is 2.38. The van der Waals surface area contributed by atoms with Gasteiger partial charge in [-0.25, -0.2) is 0 Å². The van der Waals surface area contributed by atoms with Gasteiger partial charge in [0.1, 0.15) is 0 Å². The number of fused-ring (bicyclic) bond motifs is 1. The molecule has 0 atom stereocenters. The molecule has 0 spiro atoms. The fraction of sp³-hybridized carbons (Fsp3) is 0.333. The van der Waals surface area contributed by atoms with Crippen molar-refractivity contribution in [2.24, 2.45) is 0 Å². The molecule has 3 nitrogen and oxygen atoms in total. The van der Waals surface area contributed by atoms with Crippen LogP contribution in [-0.4, -0.2) is 18.2 Å². The second kappa shape index (κ2) is 7.43. The smallest absolute Gasteiger partial charge is 0.299 e. The molecule has 1 amide bonds. The van der Waals surface area contributed by atoms with Gasteiger partial charge in [0, 0.05) is 12.1 Å². The zero-order valence-corrected chi connectivity index (χ0v) is 14.1. The summed E-state index contributed by atoms with van der Waals surface area (Å²) < 4.78 is 0. The summed E-state index contributed by atoms with van der Waals surface area (Å²) in [5.74, 6) is -0.764. The summed E-state index contributed by atoms with van der Waals surface area (Å²) in [5.41, 5.74) is 3.32. The summed E-state index contributed by atoms with van der Waals surface area (Å²) in [4.78, 5) is 26.5. The third-order valence-electron chi connectivity index (χ3n) is 4.56. The highest BCUT2D eigenvalue weighted by molar-refractivity contribution is 6.53. The van der Waals surface area contributed by atoms with Crippen molar-refractivity contribution in [2.75, 3.05) is 11.4 Å². The molecular formula is C21H23NO2. The lowest BCUT2D eigenvalue weighted by molar-refractivity contribution is -0.114. The van der Waals surface area contributed by atoms with Crippen LogP contribution < -0.4 is 4.90 Å². The summed E-state index contributed by atoms with van der Waals surface area (Å²) in [6, 6.07) is 15.6. The topological polar surface area (TPSA) is 37.4 Å². The van der Waals surface area contributed by atoms with Gasteiger partial charge in [-0.05, 0) is 18.1 Å². The molecule has 1 heterocycles. The first kappa shape index (κ1) is 16.4. The lowest BCUT2D eigenvalue weighted by Crippen LogP contribution is -2.30. The minimum Gasteiger partial charge on any atom is -0.304 e. The van der Waals surface area contributed by atoms with E-state index < -0.39 is 0 Å². The number of carbonyl (C=O) groups is 2. The van der Waals surface area contributed by atoms with Gasteiger partial charge in [0.15, 0.2) is 0 Å². The highest BCUT2D eigenvalue weighted by atomic mass is 16.2. The lowest BCUT2D eigenvalue weighted by atomic mass is 10.00. The maximum atomic E-state index is 12.4. The fourth-order valence-electron chi connectivity index (χ4n) is 3.29. The van der Waals surface area contributed by atoms with Crippen molar-refractivity contribution < 1.29 is 9.59 Å². The Hall–Kier alpha value is -2.42. The van der Waals surface area contributed by atoms with E-state index in [-0.39, 0.29) is 11.7 Å². The minimum atomic E-state index is -0.385. The van der Waals surface area contributed by atoms with Gasteiger partial charge < -0.3 is 4.90 Å². The molecule has 0 unspecified atom stereocenters. The average molecular weight is 321 g/mol. The van der Waals surface area contributed by atoms with Gasteiger partial charge in [0.25, 0.3) is 11.7 Å². The molecule has 1 aliphatic heterocycles. The predicted molar refractivity (Wildman–Crippen MR) is 97.3 cm³/mol. The van der Waals surface area contributed by atoms with Gasteiger partial charge in [-0.2, -0.15) is 0 Å². The second-order valence-corrected chi connectivity index (χ2v) is 6.27. The number of benzene rings is 2. The van der Waals surface area contributed by atoms with E-state index in [0.717, 1.165) is 29.7 Å². The molecule has 0 aromatic heterocycles. The molecule has 24 heavy (non-hydrogen) atoms. The summed E-state index contributed by atoms with van der Waals surface area (Å²) in [7, 11) is 0. The molecule has 0 N–H and O–H groups in total. The van der Waals surface area contributed by atoms with Crippen molar-refractivity contribution in [1.29, 1.82) is 0 Å².